The lowest BCUT2D eigenvalue weighted by molar-refractivity contribution is -0.138. The fourth-order valence-electron chi connectivity index (χ4n) is 20.4. The predicted octanol–water partition coefficient (Wildman–Crippen LogP) is 9.80. The van der Waals surface area contributed by atoms with E-state index in [1.165, 1.54) is 48.3 Å². The molecule has 6 fully saturated rings. The number of carbonyl (C=O) groups excluding carboxylic acids is 4. The van der Waals surface area contributed by atoms with Crippen LogP contribution < -0.4 is 16.0 Å². The highest BCUT2D eigenvalue weighted by Gasteiger charge is 2.70. The van der Waals surface area contributed by atoms with Gasteiger partial charge in [0.05, 0.1) is 40.8 Å². The molecule has 10 aliphatic carbocycles. The van der Waals surface area contributed by atoms with Crippen molar-refractivity contribution in [3.63, 3.8) is 0 Å². The second-order valence-corrected chi connectivity index (χ2v) is 30.1. The Kier molecular flexibility index (Phi) is 15.4. The average Bonchev–Trinajstić information content (AvgIpc) is 1.68. The van der Waals surface area contributed by atoms with Crippen molar-refractivity contribution in [1.82, 2.24) is 20.9 Å². The van der Waals surface area contributed by atoms with E-state index in [1.807, 2.05) is 10.8 Å². The largest absolute Gasteiger partial charge is 0.427 e. The maximum Gasteiger partial charge on any atom is 0.340 e. The Balaban J connectivity index is 0.942. The lowest BCUT2D eigenvalue weighted by Crippen LogP contribution is -2.55. The first-order valence-electron chi connectivity index (χ1n) is 32.2. The van der Waals surface area contributed by atoms with Gasteiger partial charge in [-0.25, -0.2) is 9.59 Å². The Hall–Kier alpha value is -4.04. The summed E-state index contributed by atoms with van der Waals surface area (Å²) in [5.41, 5.74) is 4.79. The Morgan fingerprint density at radius 3 is 2.46 bits per heavy atom. The van der Waals surface area contributed by atoms with E-state index in [9.17, 15) is 24.9 Å². The average molecular weight is 1160 g/mol. The van der Waals surface area contributed by atoms with Crippen LogP contribution in [0.2, 0.25) is 0 Å². The molecule has 13 nitrogen and oxygen atoms in total. The maximum absolute atomic E-state index is 15.8. The maximum atomic E-state index is 15.8. The quantitative estimate of drug-likeness (QED) is 0.0555. The molecular weight excluding hydrogens is 1070 g/mol. The molecule has 2 amide bonds. The number of esters is 2. The van der Waals surface area contributed by atoms with Crippen molar-refractivity contribution in [2.75, 3.05) is 32.2 Å². The molecule has 15 rings (SSSR count). The number of nitrogens with one attached hydrogen (secondary N) is 3. The van der Waals surface area contributed by atoms with Crippen LogP contribution in [0, 0.1) is 99.6 Å². The van der Waals surface area contributed by atoms with Gasteiger partial charge in [0.25, 0.3) is 11.8 Å². The Labute approximate surface area is 492 Å². The van der Waals surface area contributed by atoms with Gasteiger partial charge in [0.15, 0.2) is 0 Å². The molecule has 0 aromatic heterocycles. The molecule has 15 heteroatoms. The number of amides is 2. The molecule has 0 aromatic rings. The SMILES string of the molecule is CCC1(C2=C3OC(=O)C4=C3[C@@H](CC2)C[C@H]2[C@@H]3CC[C@@]5(C6=C3[C@H](CN3C(=O)C=CC3=O)C3=CCNC(=C3)NCSS[C@H](N[C@@H]3CC[C@H]7CCCC[C@H]7[C@@H]3O)[C@@H]([C@H]3CC[C@H]7C[C@@H](CO)C[C@H](CO)C#CC[C@H]3C7)C/C=C/5OC6=O)[C@@H]42)CCCC1. The van der Waals surface area contributed by atoms with Gasteiger partial charge in [-0.05, 0) is 196 Å². The highest BCUT2D eigenvalue weighted by molar-refractivity contribution is 8.76. The van der Waals surface area contributed by atoms with E-state index in [4.69, 9.17) is 9.47 Å². The van der Waals surface area contributed by atoms with Gasteiger partial charge in [-0.1, -0.05) is 79.0 Å². The Morgan fingerprint density at radius 2 is 1.65 bits per heavy atom. The van der Waals surface area contributed by atoms with Gasteiger partial charge >= 0.3 is 11.9 Å². The molecule has 0 radical (unpaired) electrons. The van der Waals surface area contributed by atoms with Crippen LogP contribution in [0.1, 0.15) is 155 Å². The fourth-order valence-corrected chi connectivity index (χ4v) is 22.9. The molecule has 5 saturated carbocycles. The molecule has 15 aliphatic rings. The van der Waals surface area contributed by atoms with Crippen LogP contribution in [-0.2, 0) is 28.7 Å². The van der Waals surface area contributed by atoms with E-state index < -0.39 is 17.4 Å². The van der Waals surface area contributed by atoms with Crippen LogP contribution in [0.25, 0.3) is 0 Å². The minimum atomic E-state index is -0.991. The zero-order valence-electron chi connectivity index (χ0n) is 48.0. The summed E-state index contributed by atoms with van der Waals surface area (Å²) in [4.78, 5) is 59.9. The first kappa shape index (κ1) is 55.8. The molecular formula is C67H86N4O9S2. The van der Waals surface area contributed by atoms with E-state index >= 15 is 9.59 Å². The normalized spacial score (nSPS) is 41.9. The molecule has 5 aliphatic heterocycles. The molecule has 9 bridgehead atoms. The molecule has 5 heterocycles. The Morgan fingerprint density at radius 1 is 0.805 bits per heavy atom. The standard InChI is InChI=1S/C67H86N4O9S2/c1-2-66(24-5-6-25-66)50-17-13-43-31-48-46-22-26-67(59(48)58-56(43)62(50)80-64(58)77)52-19-16-47(44-15-12-37-28-39(35-73)29-38(34-72)8-7-10-41(44)30-37)63(70-51-18-14-40-9-3-4-11-45(40)61(51)76)82-81-36-69-53-32-42(23-27-68-53)49(57(46)60(67)65(78)79-52)33-71-54(74)20-21-55(71)75/h19-21,23,32,37-41,43-49,51,59,61,63,68-70,72-73,76H,2-6,9-18,22,24-31,33-36H2,1H3/b52-19-/t37-,38+,39+,40+,41-,43-,44-,45+,46-,47+,48-,49+,51+,59+,61-,63-,67-/m0/s1. The summed E-state index contributed by atoms with van der Waals surface area (Å²) in [7, 11) is 3.62. The van der Waals surface area contributed by atoms with Gasteiger partial charge < -0.3 is 35.4 Å². The second kappa shape index (κ2) is 22.7. The van der Waals surface area contributed by atoms with Crippen LogP contribution in [0.5, 0.6) is 0 Å². The lowest BCUT2D eigenvalue weighted by atomic mass is 9.42. The first-order valence-corrected chi connectivity index (χ1v) is 34.6. The zero-order chi connectivity index (χ0) is 56.0. The number of aliphatic hydroxyl groups is 3. The summed E-state index contributed by atoms with van der Waals surface area (Å²) in [6, 6.07) is -0.0797. The summed E-state index contributed by atoms with van der Waals surface area (Å²) >= 11 is 0. The van der Waals surface area contributed by atoms with Gasteiger partial charge in [-0.15, -0.1) is 5.92 Å². The van der Waals surface area contributed by atoms with Crippen LogP contribution >= 0.6 is 21.6 Å². The minimum absolute atomic E-state index is 0.0146. The van der Waals surface area contributed by atoms with Gasteiger partial charge in [-0.2, -0.15) is 0 Å². The number of fused-ring (bicyclic) bond motifs is 5. The summed E-state index contributed by atoms with van der Waals surface area (Å²) < 4.78 is 13.8. The zero-order valence-corrected chi connectivity index (χ0v) is 49.6. The van der Waals surface area contributed by atoms with Gasteiger partial charge in [0.1, 0.15) is 11.5 Å². The van der Waals surface area contributed by atoms with Crippen LogP contribution in [0.3, 0.4) is 0 Å². The number of nitrogens with zero attached hydrogens (tertiary/aromatic N) is 1. The third-order valence-corrected chi connectivity index (χ3v) is 26.5. The number of rotatable bonds is 9. The number of ether oxygens (including phenoxy) is 2. The molecule has 17 atom stereocenters. The van der Waals surface area contributed by atoms with Crippen molar-refractivity contribution >= 4 is 45.3 Å². The third-order valence-electron chi connectivity index (χ3n) is 24.0. The van der Waals surface area contributed by atoms with Crippen molar-refractivity contribution in [3.05, 3.63) is 81.2 Å². The number of aliphatic hydroxyl groups excluding tert-OH is 3. The first-order chi connectivity index (χ1) is 40.0. The minimum Gasteiger partial charge on any atom is -0.427 e. The Bertz CT molecular complexity index is 2900. The van der Waals surface area contributed by atoms with E-state index in [-0.39, 0.29) is 120 Å². The smallest absolute Gasteiger partial charge is 0.340 e. The number of carbonyl (C=O) groups is 4. The van der Waals surface area contributed by atoms with Gasteiger partial charge in [-0.3, -0.25) is 19.8 Å². The van der Waals surface area contributed by atoms with Crippen LogP contribution in [-0.4, -0.2) is 93.7 Å². The van der Waals surface area contributed by atoms with Crippen molar-refractivity contribution in [2.24, 2.45) is 87.8 Å². The second-order valence-electron chi connectivity index (χ2n) is 27.6. The fraction of sp³-hybridized carbons (Fsp3) is 0.701. The summed E-state index contributed by atoms with van der Waals surface area (Å²) in [5.74, 6) is 9.45. The predicted molar refractivity (Wildman–Crippen MR) is 315 cm³/mol. The molecule has 6 N–H and O–H groups in total. The van der Waals surface area contributed by atoms with Crippen molar-refractivity contribution < 1.29 is 44.0 Å². The van der Waals surface area contributed by atoms with Crippen LogP contribution in [0.15, 0.2) is 81.2 Å². The molecule has 1 saturated heterocycles. The third kappa shape index (κ3) is 9.41. The molecule has 0 unspecified atom stereocenters. The van der Waals surface area contributed by atoms with Gasteiger partial charge in [0.2, 0.25) is 0 Å². The van der Waals surface area contributed by atoms with Gasteiger partial charge in [0, 0.05) is 73.2 Å². The van der Waals surface area contributed by atoms with E-state index in [1.54, 1.807) is 10.8 Å². The van der Waals surface area contributed by atoms with Crippen molar-refractivity contribution in [1.29, 1.82) is 0 Å². The van der Waals surface area contributed by atoms with Crippen LogP contribution in [0.4, 0.5) is 0 Å². The number of hydrogen-bond donors (Lipinski definition) is 6. The van der Waals surface area contributed by atoms with E-state index in [2.05, 4.69) is 52.9 Å². The highest BCUT2D eigenvalue weighted by atomic mass is 33.1. The number of allylic oxidation sites excluding steroid dienone is 5. The topological polar surface area (TPSA) is 187 Å². The van der Waals surface area contributed by atoms with Crippen molar-refractivity contribution in [2.45, 2.75) is 172 Å². The van der Waals surface area contributed by atoms with E-state index in [0.29, 0.717) is 61.3 Å². The molecule has 82 heavy (non-hydrogen) atoms. The lowest BCUT2D eigenvalue weighted by Gasteiger charge is -2.58. The molecule has 1 spiro atoms. The number of dihydropyridines is 1. The number of imide groups is 1. The summed E-state index contributed by atoms with van der Waals surface area (Å²) in [6.45, 7) is 2.98. The van der Waals surface area contributed by atoms with E-state index in [0.717, 1.165) is 130 Å². The summed E-state index contributed by atoms with van der Waals surface area (Å²) in [5, 5.41) is 45.0. The summed E-state index contributed by atoms with van der Waals surface area (Å²) in [6.07, 6.45) is 31.2. The highest BCUT2D eigenvalue weighted by Crippen LogP contribution is 2.73. The monoisotopic (exact) mass is 1150 g/mol. The molecule has 440 valence electrons. The van der Waals surface area contributed by atoms with Crippen molar-refractivity contribution in [3.8, 4) is 11.8 Å². The molecule has 0 aromatic carbocycles. The number of hydrogen-bond acceptors (Lipinski definition) is 14.